The molecular weight excluding hydrogens is 214 g/mol. The van der Waals surface area contributed by atoms with E-state index < -0.39 is 37.6 Å². The minimum atomic E-state index is -2.70. The molecule has 0 aliphatic rings. The van der Waals surface area contributed by atoms with Gasteiger partial charge in [0.2, 0.25) is 0 Å². The zero-order chi connectivity index (χ0) is 11.8. The number of amides is 2. The Balaban J connectivity index is 3.94. The van der Waals surface area contributed by atoms with Crippen LogP contribution in [0.3, 0.4) is 0 Å². The Morgan fingerprint density at radius 3 is 2.33 bits per heavy atom. The lowest BCUT2D eigenvalue weighted by Gasteiger charge is -2.13. The summed E-state index contributed by atoms with van der Waals surface area (Å²) in [7, 11) is 0. The monoisotopic (exact) mass is 226 g/mol. The molecule has 0 aliphatic carbocycles. The third-order valence-electron chi connectivity index (χ3n) is 1.44. The molecule has 4 N–H and O–H groups in total. The van der Waals surface area contributed by atoms with E-state index in [-0.39, 0.29) is 6.42 Å². The number of carboxylic acids is 1. The highest BCUT2D eigenvalue weighted by molar-refractivity contribution is 5.82. The fraction of sp³-hybridized carbons (Fsp3) is 0.714. The zero-order valence-electron chi connectivity index (χ0n) is 7.74. The molecule has 6 nitrogen and oxygen atoms in total. The van der Waals surface area contributed by atoms with E-state index in [0.29, 0.717) is 0 Å². The summed E-state index contributed by atoms with van der Waals surface area (Å²) < 4.78 is 23.3. The SMILES string of the molecule is O=C(NCC(F)F)N[C@@H](CCO)C(=O)O. The molecule has 0 fully saturated rings. The number of carbonyl (C=O) groups is 2. The molecule has 2 amide bonds. The van der Waals surface area contributed by atoms with Crippen molar-refractivity contribution in [1.82, 2.24) is 10.6 Å². The second-order valence-electron chi connectivity index (χ2n) is 2.65. The van der Waals surface area contributed by atoms with Crippen LogP contribution in [0.5, 0.6) is 0 Å². The van der Waals surface area contributed by atoms with E-state index in [1.54, 1.807) is 5.32 Å². The summed E-state index contributed by atoms with van der Waals surface area (Å²) >= 11 is 0. The second-order valence-corrected chi connectivity index (χ2v) is 2.65. The van der Waals surface area contributed by atoms with Crippen LogP contribution in [0.15, 0.2) is 0 Å². The van der Waals surface area contributed by atoms with Gasteiger partial charge in [0.05, 0.1) is 6.54 Å². The maximum Gasteiger partial charge on any atom is 0.326 e. The van der Waals surface area contributed by atoms with Crippen LogP contribution in [-0.4, -0.2) is 47.8 Å². The van der Waals surface area contributed by atoms with Crippen LogP contribution in [0.25, 0.3) is 0 Å². The lowest BCUT2D eigenvalue weighted by atomic mass is 10.2. The first kappa shape index (κ1) is 13.6. The Morgan fingerprint density at radius 1 is 1.33 bits per heavy atom. The van der Waals surface area contributed by atoms with Crippen molar-refractivity contribution >= 4 is 12.0 Å². The van der Waals surface area contributed by atoms with Crippen molar-refractivity contribution in [3.8, 4) is 0 Å². The highest BCUT2D eigenvalue weighted by Gasteiger charge is 2.19. The number of urea groups is 1. The number of halogens is 2. The Hall–Kier alpha value is -1.44. The largest absolute Gasteiger partial charge is 0.480 e. The molecule has 0 bridgehead atoms. The van der Waals surface area contributed by atoms with Gasteiger partial charge in [0, 0.05) is 13.0 Å². The predicted molar refractivity (Wildman–Crippen MR) is 45.7 cm³/mol. The van der Waals surface area contributed by atoms with E-state index >= 15 is 0 Å². The highest BCUT2D eigenvalue weighted by atomic mass is 19.3. The number of rotatable bonds is 6. The van der Waals surface area contributed by atoms with Gasteiger partial charge in [-0.3, -0.25) is 0 Å². The van der Waals surface area contributed by atoms with Crippen molar-refractivity contribution in [2.75, 3.05) is 13.2 Å². The summed E-state index contributed by atoms with van der Waals surface area (Å²) in [6.07, 6.45) is -2.88. The Bertz CT molecular complexity index is 225. The maximum atomic E-state index is 11.6. The van der Waals surface area contributed by atoms with Gasteiger partial charge in [-0.15, -0.1) is 0 Å². The summed E-state index contributed by atoms with van der Waals surface area (Å²) in [6, 6.07) is -2.29. The fourth-order valence-electron chi connectivity index (χ4n) is 0.766. The number of hydrogen-bond donors (Lipinski definition) is 4. The average molecular weight is 226 g/mol. The molecule has 0 aromatic heterocycles. The molecular formula is C7H12F2N2O4. The van der Waals surface area contributed by atoms with Crippen LogP contribution in [0.2, 0.25) is 0 Å². The standard InChI is InChI=1S/C7H12F2N2O4/c8-5(9)3-10-7(15)11-4(1-2-12)6(13)14/h4-5,12H,1-3H2,(H,13,14)(H2,10,11,15)/t4-/m0/s1. The van der Waals surface area contributed by atoms with Crippen molar-refractivity contribution in [1.29, 1.82) is 0 Å². The lowest BCUT2D eigenvalue weighted by molar-refractivity contribution is -0.139. The van der Waals surface area contributed by atoms with Gasteiger partial charge < -0.3 is 20.8 Å². The molecule has 0 aromatic rings. The summed E-state index contributed by atoms with van der Waals surface area (Å²) in [5.41, 5.74) is 0. The summed E-state index contributed by atoms with van der Waals surface area (Å²) in [6.45, 7) is -1.27. The smallest absolute Gasteiger partial charge is 0.326 e. The van der Waals surface area contributed by atoms with Crippen molar-refractivity contribution < 1.29 is 28.6 Å². The van der Waals surface area contributed by atoms with E-state index in [2.05, 4.69) is 0 Å². The Labute approximate surface area is 84.3 Å². The number of alkyl halides is 2. The molecule has 0 saturated carbocycles. The zero-order valence-corrected chi connectivity index (χ0v) is 7.74. The number of carboxylic acid groups (broad SMARTS) is 1. The lowest BCUT2D eigenvalue weighted by Crippen LogP contribution is -2.47. The van der Waals surface area contributed by atoms with Crippen LogP contribution in [-0.2, 0) is 4.79 Å². The van der Waals surface area contributed by atoms with Crippen LogP contribution in [0.1, 0.15) is 6.42 Å². The predicted octanol–water partition coefficient (Wildman–Crippen LogP) is -0.614. The molecule has 0 unspecified atom stereocenters. The van der Waals surface area contributed by atoms with Gasteiger partial charge >= 0.3 is 12.0 Å². The molecule has 0 rings (SSSR count). The molecule has 0 saturated heterocycles. The third-order valence-corrected chi connectivity index (χ3v) is 1.44. The topological polar surface area (TPSA) is 98.7 Å². The first-order valence-corrected chi connectivity index (χ1v) is 4.13. The summed E-state index contributed by atoms with van der Waals surface area (Å²) in [4.78, 5) is 21.3. The van der Waals surface area contributed by atoms with E-state index in [1.807, 2.05) is 5.32 Å². The Kier molecular flexibility index (Phi) is 6.27. The molecule has 0 aromatic carbocycles. The normalized spacial score (nSPS) is 12.3. The van der Waals surface area contributed by atoms with Gasteiger partial charge in [0.1, 0.15) is 6.04 Å². The molecule has 88 valence electrons. The molecule has 0 spiro atoms. The van der Waals surface area contributed by atoms with Gasteiger partial charge in [-0.2, -0.15) is 0 Å². The molecule has 0 heterocycles. The van der Waals surface area contributed by atoms with Crippen molar-refractivity contribution in [2.45, 2.75) is 18.9 Å². The van der Waals surface area contributed by atoms with Crippen LogP contribution < -0.4 is 10.6 Å². The van der Waals surface area contributed by atoms with Crippen molar-refractivity contribution in [3.63, 3.8) is 0 Å². The summed E-state index contributed by atoms with van der Waals surface area (Å²) in [5, 5.41) is 20.7. The molecule has 0 aliphatic heterocycles. The minimum Gasteiger partial charge on any atom is -0.480 e. The van der Waals surface area contributed by atoms with Gasteiger partial charge in [-0.1, -0.05) is 0 Å². The highest BCUT2D eigenvalue weighted by Crippen LogP contribution is 1.92. The number of aliphatic hydroxyl groups excluding tert-OH is 1. The Morgan fingerprint density at radius 2 is 1.93 bits per heavy atom. The van der Waals surface area contributed by atoms with Crippen molar-refractivity contribution in [2.24, 2.45) is 0 Å². The van der Waals surface area contributed by atoms with Crippen LogP contribution in [0.4, 0.5) is 13.6 Å². The molecule has 15 heavy (non-hydrogen) atoms. The number of carbonyl (C=O) groups excluding carboxylic acids is 1. The number of aliphatic carboxylic acids is 1. The van der Waals surface area contributed by atoms with Crippen LogP contribution >= 0.6 is 0 Å². The molecule has 8 heteroatoms. The first-order valence-electron chi connectivity index (χ1n) is 4.13. The first-order chi connectivity index (χ1) is 6.97. The number of nitrogens with one attached hydrogen (secondary N) is 2. The van der Waals surface area contributed by atoms with Crippen LogP contribution in [0, 0.1) is 0 Å². The van der Waals surface area contributed by atoms with Crippen molar-refractivity contribution in [3.05, 3.63) is 0 Å². The van der Waals surface area contributed by atoms with Gasteiger partial charge in [0.15, 0.2) is 0 Å². The summed E-state index contributed by atoms with van der Waals surface area (Å²) in [5.74, 6) is -1.34. The minimum absolute atomic E-state index is 0.183. The number of hydrogen-bond acceptors (Lipinski definition) is 3. The van der Waals surface area contributed by atoms with E-state index in [4.69, 9.17) is 10.2 Å². The fourth-order valence-corrected chi connectivity index (χ4v) is 0.766. The van der Waals surface area contributed by atoms with Gasteiger partial charge in [0.25, 0.3) is 6.43 Å². The molecule has 1 atom stereocenters. The van der Waals surface area contributed by atoms with E-state index in [9.17, 15) is 18.4 Å². The molecule has 0 radical (unpaired) electrons. The van der Waals surface area contributed by atoms with Gasteiger partial charge in [-0.05, 0) is 0 Å². The average Bonchev–Trinajstić information content (AvgIpc) is 2.14. The van der Waals surface area contributed by atoms with Gasteiger partial charge in [-0.25, -0.2) is 18.4 Å². The third kappa shape index (κ3) is 6.61. The quantitative estimate of drug-likeness (QED) is 0.485. The van der Waals surface area contributed by atoms with E-state index in [1.165, 1.54) is 0 Å². The number of aliphatic hydroxyl groups is 1. The maximum absolute atomic E-state index is 11.6. The van der Waals surface area contributed by atoms with E-state index in [0.717, 1.165) is 0 Å². The second kappa shape index (κ2) is 6.93.